The summed E-state index contributed by atoms with van der Waals surface area (Å²) in [6.45, 7) is 11.9. The van der Waals surface area contributed by atoms with Gasteiger partial charge in [-0.2, -0.15) is 0 Å². The minimum absolute atomic E-state index is 1.08. The molecule has 0 bridgehead atoms. The highest BCUT2D eigenvalue weighted by Crippen LogP contribution is 2.35. The Balaban J connectivity index is 0.000000791. The van der Waals surface area contributed by atoms with Crippen LogP contribution in [0.15, 0.2) is 39.1 Å². The van der Waals surface area contributed by atoms with Gasteiger partial charge in [0.05, 0.1) is 5.71 Å². The van der Waals surface area contributed by atoms with Crippen LogP contribution in [0.25, 0.3) is 0 Å². The zero-order chi connectivity index (χ0) is 11.1. The SMILES string of the molecule is C=C/C(C)=C1/SC(C)=CC1=NC.CC. The van der Waals surface area contributed by atoms with Crippen molar-refractivity contribution in [3.8, 4) is 0 Å². The Labute approximate surface area is 91.7 Å². The van der Waals surface area contributed by atoms with E-state index in [2.05, 4.69) is 31.5 Å². The molecule has 0 saturated carbocycles. The van der Waals surface area contributed by atoms with Gasteiger partial charge in [0.15, 0.2) is 0 Å². The first-order valence-electron chi connectivity index (χ1n) is 4.85. The molecule has 0 aromatic heterocycles. The summed E-state index contributed by atoms with van der Waals surface area (Å²) in [6, 6.07) is 0. The van der Waals surface area contributed by atoms with Gasteiger partial charge < -0.3 is 0 Å². The molecule has 0 amide bonds. The second-order valence-electron chi connectivity index (χ2n) is 2.68. The van der Waals surface area contributed by atoms with Crippen molar-refractivity contribution in [2.24, 2.45) is 4.99 Å². The third-order valence-corrected chi connectivity index (χ3v) is 2.92. The van der Waals surface area contributed by atoms with E-state index in [0.717, 1.165) is 5.71 Å². The van der Waals surface area contributed by atoms with Gasteiger partial charge in [-0.15, -0.1) is 0 Å². The fourth-order valence-electron chi connectivity index (χ4n) is 1.04. The van der Waals surface area contributed by atoms with E-state index in [0.29, 0.717) is 0 Å². The number of nitrogens with zero attached hydrogens (tertiary/aromatic N) is 1. The van der Waals surface area contributed by atoms with E-state index in [1.165, 1.54) is 15.4 Å². The number of rotatable bonds is 1. The predicted octanol–water partition coefficient (Wildman–Crippen LogP) is 4.19. The fourth-order valence-corrected chi connectivity index (χ4v) is 2.03. The predicted molar refractivity (Wildman–Crippen MR) is 69.0 cm³/mol. The maximum atomic E-state index is 4.20. The van der Waals surface area contributed by atoms with Crippen molar-refractivity contribution < 1.29 is 0 Å². The number of allylic oxidation sites excluding steroid dienone is 5. The van der Waals surface area contributed by atoms with Crippen LogP contribution in [0, 0.1) is 0 Å². The van der Waals surface area contributed by atoms with Crippen molar-refractivity contribution in [2.45, 2.75) is 27.7 Å². The van der Waals surface area contributed by atoms with Gasteiger partial charge in [0, 0.05) is 12.0 Å². The van der Waals surface area contributed by atoms with Gasteiger partial charge in [-0.1, -0.05) is 38.3 Å². The molecule has 0 fully saturated rings. The van der Waals surface area contributed by atoms with Crippen LogP contribution < -0.4 is 0 Å². The first-order valence-corrected chi connectivity index (χ1v) is 5.67. The van der Waals surface area contributed by atoms with E-state index in [1.807, 2.05) is 27.0 Å². The van der Waals surface area contributed by atoms with Crippen molar-refractivity contribution in [2.75, 3.05) is 7.05 Å². The highest BCUT2D eigenvalue weighted by Gasteiger charge is 2.15. The zero-order valence-corrected chi connectivity index (χ0v) is 10.5. The van der Waals surface area contributed by atoms with Crippen LogP contribution in [0.5, 0.6) is 0 Å². The van der Waals surface area contributed by atoms with Crippen molar-refractivity contribution in [3.05, 3.63) is 34.1 Å². The molecule has 14 heavy (non-hydrogen) atoms. The lowest BCUT2D eigenvalue weighted by molar-refractivity contribution is 1.43. The maximum absolute atomic E-state index is 4.20. The lowest BCUT2D eigenvalue weighted by Gasteiger charge is -2.00. The van der Waals surface area contributed by atoms with E-state index >= 15 is 0 Å². The average molecular weight is 209 g/mol. The lowest BCUT2D eigenvalue weighted by atomic mass is 10.2. The minimum Gasteiger partial charge on any atom is -0.287 e. The number of hydrogen-bond donors (Lipinski definition) is 0. The summed E-state index contributed by atoms with van der Waals surface area (Å²) in [5.74, 6) is 0. The van der Waals surface area contributed by atoms with Gasteiger partial charge in [0.25, 0.3) is 0 Å². The molecule has 1 aliphatic heterocycles. The standard InChI is InChI=1S/C10H13NS.C2H6/c1-5-7(2)10-9(11-4)6-8(3)12-10;1-2/h5-6H,1H2,2-4H3;1-2H3/b10-7+,11-9?;. The number of aliphatic imine (C=N–C) groups is 1. The van der Waals surface area contributed by atoms with Gasteiger partial charge in [-0.05, 0) is 30.4 Å². The Hall–Kier alpha value is -0.760. The van der Waals surface area contributed by atoms with E-state index in [-0.39, 0.29) is 0 Å². The van der Waals surface area contributed by atoms with Gasteiger partial charge >= 0.3 is 0 Å². The number of hydrogen-bond acceptors (Lipinski definition) is 2. The Morgan fingerprint density at radius 3 is 2.50 bits per heavy atom. The highest BCUT2D eigenvalue weighted by molar-refractivity contribution is 8.08. The van der Waals surface area contributed by atoms with Gasteiger partial charge in [-0.25, -0.2) is 0 Å². The molecular formula is C12H19NS. The van der Waals surface area contributed by atoms with Crippen LogP contribution in [0.3, 0.4) is 0 Å². The molecule has 0 N–H and O–H groups in total. The summed E-state index contributed by atoms with van der Waals surface area (Å²) in [4.78, 5) is 6.74. The molecule has 78 valence electrons. The largest absolute Gasteiger partial charge is 0.287 e. The molecule has 0 radical (unpaired) electrons. The van der Waals surface area contributed by atoms with Crippen LogP contribution >= 0.6 is 11.8 Å². The molecule has 0 saturated heterocycles. The lowest BCUT2D eigenvalue weighted by Crippen LogP contribution is -1.92. The molecule has 1 rings (SSSR count). The summed E-state index contributed by atoms with van der Waals surface area (Å²) < 4.78 is 0. The normalized spacial score (nSPS) is 21.2. The monoisotopic (exact) mass is 209 g/mol. The topological polar surface area (TPSA) is 12.4 Å². The molecule has 0 atom stereocenters. The van der Waals surface area contributed by atoms with Crippen LogP contribution in [-0.2, 0) is 0 Å². The Kier molecular flexibility index (Phi) is 6.30. The van der Waals surface area contributed by atoms with E-state index in [9.17, 15) is 0 Å². The van der Waals surface area contributed by atoms with Crippen molar-refractivity contribution in [1.29, 1.82) is 0 Å². The minimum atomic E-state index is 1.08. The van der Waals surface area contributed by atoms with Crippen molar-refractivity contribution in [1.82, 2.24) is 0 Å². The average Bonchev–Trinajstić information content (AvgIpc) is 2.61. The Bertz CT molecular complexity index is 295. The maximum Gasteiger partial charge on any atom is 0.0720 e. The van der Waals surface area contributed by atoms with Crippen LogP contribution in [-0.4, -0.2) is 12.8 Å². The molecule has 1 heterocycles. The van der Waals surface area contributed by atoms with Crippen LogP contribution in [0.2, 0.25) is 0 Å². The molecule has 0 spiro atoms. The van der Waals surface area contributed by atoms with Gasteiger partial charge in [0.1, 0.15) is 0 Å². The number of thioether (sulfide) groups is 1. The first kappa shape index (κ1) is 13.2. The summed E-state index contributed by atoms with van der Waals surface area (Å²) in [5, 5.41) is 0. The molecule has 0 aromatic rings. The summed E-state index contributed by atoms with van der Waals surface area (Å²) in [7, 11) is 1.82. The molecule has 0 aliphatic carbocycles. The Morgan fingerprint density at radius 2 is 2.07 bits per heavy atom. The van der Waals surface area contributed by atoms with Crippen molar-refractivity contribution in [3.63, 3.8) is 0 Å². The molecule has 2 heteroatoms. The molecular weight excluding hydrogens is 190 g/mol. The van der Waals surface area contributed by atoms with Crippen LogP contribution in [0.1, 0.15) is 27.7 Å². The second kappa shape index (κ2) is 6.66. The first-order chi connectivity index (χ1) is 6.69. The Morgan fingerprint density at radius 1 is 1.50 bits per heavy atom. The smallest absolute Gasteiger partial charge is 0.0720 e. The zero-order valence-electron chi connectivity index (χ0n) is 9.72. The van der Waals surface area contributed by atoms with Gasteiger partial charge in [0.2, 0.25) is 0 Å². The molecule has 0 unspecified atom stereocenters. The highest BCUT2D eigenvalue weighted by atomic mass is 32.2. The summed E-state index contributed by atoms with van der Waals surface area (Å²) in [6.07, 6.45) is 3.98. The van der Waals surface area contributed by atoms with E-state index in [4.69, 9.17) is 0 Å². The summed E-state index contributed by atoms with van der Waals surface area (Å²) >= 11 is 1.77. The molecule has 1 nitrogen and oxygen atoms in total. The second-order valence-corrected chi connectivity index (χ2v) is 3.94. The van der Waals surface area contributed by atoms with Crippen LogP contribution in [0.4, 0.5) is 0 Å². The quantitative estimate of drug-likeness (QED) is 0.630. The summed E-state index contributed by atoms with van der Waals surface area (Å²) in [5.41, 5.74) is 2.28. The third-order valence-electron chi connectivity index (χ3n) is 1.74. The van der Waals surface area contributed by atoms with Gasteiger partial charge in [-0.3, -0.25) is 4.99 Å². The van der Waals surface area contributed by atoms with E-state index in [1.54, 1.807) is 11.8 Å². The fraction of sp³-hybridized carbons (Fsp3) is 0.417. The molecule has 0 aromatic carbocycles. The molecule has 1 aliphatic rings. The van der Waals surface area contributed by atoms with E-state index < -0.39 is 0 Å². The third kappa shape index (κ3) is 3.18. The van der Waals surface area contributed by atoms with Crippen molar-refractivity contribution >= 4 is 17.5 Å².